The van der Waals surface area contributed by atoms with Crippen molar-refractivity contribution < 1.29 is 4.39 Å². The van der Waals surface area contributed by atoms with Crippen LogP contribution in [0.25, 0.3) is 0 Å². The fourth-order valence-electron chi connectivity index (χ4n) is 2.72. The van der Waals surface area contributed by atoms with E-state index < -0.39 is 0 Å². The van der Waals surface area contributed by atoms with Crippen molar-refractivity contribution in [3.8, 4) is 0 Å². The number of anilines is 1. The van der Waals surface area contributed by atoms with Crippen molar-refractivity contribution in [3.63, 3.8) is 0 Å². The molecule has 1 heterocycles. The molecular formula is C21H20ClFN4S. The van der Waals surface area contributed by atoms with E-state index in [2.05, 4.69) is 28.8 Å². The molecule has 3 aromatic rings. The second-order valence-electron chi connectivity index (χ2n) is 6.37. The SMILES string of the molecule is Cc1cccc(NC(=S)N/N=C/c2cccn2Cc2ccc(F)cc2Cl)c1C. The lowest BCUT2D eigenvalue weighted by atomic mass is 10.1. The molecule has 4 nitrogen and oxygen atoms in total. The van der Waals surface area contributed by atoms with Gasteiger partial charge in [0.1, 0.15) is 5.82 Å². The van der Waals surface area contributed by atoms with Gasteiger partial charge in [-0.15, -0.1) is 0 Å². The van der Waals surface area contributed by atoms with Crippen LogP contribution in [0, 0.1) is 19.7 Å². The fourth-order valence-corrected chi connectivity index (χ4v) is 3.11. The van der Waals surface area contributed by atoms with Crippen LogP contribution in [0.3, 0.4) is 0 Å². The Morgan fingerprint density at radius 2 is 2.04 bits per heavy atom. The summed E-state index contributed by atoms with van der Waals surface area (Å²) in [5, 5.41) is 8.16. The Kier molecular flexibility index (Phi) is 6.44. The molecule has 0 unspecified atom stereocenters. The van der Waals surface area contributed by atoms with E-state index >= 15 is 0 Å². The van der Waals surface area contributed by atoms with E-state index in [-0.39, 0.29) is 5.82 Å². The predicted octanol–water partition coefficient (Wildman–Crippen LogP) is 5.27. The van der Waals surface area contributed by atoms with Crippen LogP contribution in [0.4, 0.5) is 10.1 Å². The Morgan fingerprint density at radius 1 is 1.21 bits per heavy atom. The number of hydrogen-bond acceptors (Lipinski definition) is 2. The molecule has 0 aliphatic heterocycles. The molecule has 0 atom stereocenters. The summed E-state index contributed by atoms with van der Waals surface area (Å²) in [6, 6.07) is 14.2. The van der Waals surface area contributed by atoms with E-state index in [1.54, 1.807) is 12.3 Å². The van der Waals surface area contributed by atoms with E-state index in [9.17, 15) is 4.39 Å². The fraction of sp³-hybridized carbons (Fsp3) is 0.143. The Morgan fingerprint density at radius 3 is 2.82 bits per heavy atom. The first-order valence-electron chi connectivity index (χ1n) is 8.69. The third-order valence-electron chi connectivity index (χ3n) is 4.44. The lowest BCUT2D eigenvalue weighted by molar-refractivity contribution is 0.626. The highest BCUT2D eigenvalue weighted by Crippen LogP contribution is 2.19. The summed E-state index contributed by atoms with van der Waals surface area (Å²) in [5.41, 5.74) is 7.79. The van der Waals surface area contributed by atoms with Gasteiger partial charge < -0.3 is 9.88 Å². The highest BCUT2D eigenvalue weighted by Gasteiger charge is 2.06. The zero-order valence-corrected chi connectivity index (χ0v) is 17.1. The molecule has 0 aliphatic rings. The lowest BCUT2D eigenvalue weighted by Crippen LogP contribution is -2.24. The van der Waals surface area contributed by atoms with Gasteiger partial charge in [-0.25, -0.2) is 4.39 Å². The summed E-state index contributed by atoms with van der Waals surface area (Å²) in [5.74, 6) is -0.350. The van der Waals surface area contributed by atoms with Crippen LogP contribution in [0.15, 0.2) is 59.8 Å². The number of halogens is 2. The Bertz CT molecular complexity index is 1030. The summed E-state index contributed by atoms with van der Waals surface area (Å²) in [6.45, 7) is 4.60. The van der Waals surface area contributed by atoms with Crippen LogP contribution in [-0.2, 0) is 6.54 Å². The van der Waals surface area contributed by atoms with Crippen molar-refractivity contribution in [2.24, 2.45) is 5.10 Å². The molecule has 0 saturated heterocycles. The third kappa shape index (κ3) is 4.97. The minimum absolute atomic E-state index is 0.350. The number of nitrogens with zero attached hydrogens (tertiary/aromatic N) is 2. The number of benzene rings is 2. The van der Waals surface area contributed by atoms with E-state index in [1.165, 1.54) is 17.7 Å². The monoisotopic (exact) mass is 414 g/mol. The normalized spacial score (nSPS) is 11.0. The highest BCUT2D eigenvalue weighted by atomic mass is 35.5. The van der Waals surface area contributed by atoms with Gasteiger partial charge in [0.05, 0.1) is 11.9 Å². The summed E-state index contributed by atoms with van der Waals surface area (Å²) in [7, 11) is 0. The second-order valence-corrected chi connectivity index (χ2v) is 7.18. The maximum atomic E-state index is 13.2. The largest absolute Gasteiger partial charge is 0.342 e. The van der Waals surface area contributed by atoms with E-state index in [1.807, 2.05) is 42.0 Å². The van der Waals surface area contributed by atoms with Gasteiger partial charge in [0.15, 0.2) is 5.11 Å². The number of aryl methyl sites for hydroxylation is 1. The Hall–Kier alpha value is -2.70. The molecule has 0 fully saturated rings. The van der Waals surface area contributed by atoms with Gasteiger partial charge in [-0.1, -0.05) is 29.8 Å². The summed E-state index contributed by atoms with van der Waals surface area (Å²) in [6.07, 6.45) is 3.59. The molecule has 0 amide bonds. The van der Waals surface area contributed by atoms with Gasteiger partial charge in [-0.3, -0.25) is 5.43 Å². The van der Waals surface area contributed by atoms with Crippen molar-refractivity contribution in [1.82, 2.24) is 9.99 Å². The lowest BCUT2D eigenvalue weighted by Gasteiger charge is -2.11. The number of aromatic nitrogens is 1. The highest BCUT2D eigenvalue weighted by molar-refractivity contribution is 7.80. The molecule has 28 heavy (non-hydrogen) atoms. The van der Waals surface area contributed by atoms with Gasteiger partial charge in [-0.2, -0.15) is 5.10 Å². The van der Waals surface area contributed by atoms with Gasteiger partial charge in [0.2, 0.25) is 0 Å². The average Bonchev–Trinajstić information content (AvgIpc) is 3.08. The number of nitrogens with one attached hydrogen (secondary N) is 2. The van der Waals surface area contributed by atoms with Gasteiger partial charge in [0.25, 0.3) is 0 Å². The number of hydrazone groups is 1. The van der Waals surface area contributed by atoms with Gasteiger partial charge in [0, 0.05) is 23.5 Å². The average molecular weight is 415 g/mol. The van der Waals surface area contributed by atoms with Crippen LogP contribution in [-0.4, -0.2) is 15.9 Å². The first-order chi connectivity index (χ1) is 13.4. The molecule has 0 radical (unpaired) electrons. The molecule has 0 aliphatic carbocycles. The first kappa shape index (κ1) is 20.0. The van der Waals surface area contributed by atoms with Crippen LogP contribution in [0.2, 0.25) is 5.02 Å². The molecule has 0 saturated carbocycles. The topological polar surface area (TPSA) is 41.4 Å². The first-order valence-corrected chi connectivity index (χ1v) is 9.48. The zero-order valence-electron chi connectivity index (χ0n) is 15.5. The van der Waals surface area contributed by atoms with Crippen molar-refractivity contribution >= 4 is 40.8 Å². The Balaban J connectivity index is 1.63. The van der Waals surface area contributed by atoms with Crippen molar-refractivity contribution in [2.75, 3.05) is 5.32 Å². The van der Waals surface area contributed by atoms with Crippen molar-refractivity contribution in [1.29, 1.82) is 0 Å². The maximum absolute atomic E-state index is 13.2. The van der Waals surface area contributed by atoms with Crippen LogP contribution in [0.1, 0.15) is 22.4 Å². The van der Waals surface area contributed by atoms with Crippen LogP contribution in [0.5, 0.6) is 0 Å². The Labute approximate surface area is 174 Å². The third-order valence-corrected chi connectivity index (χ3v) is 4.98. The van der Waals surface area contributed by atoms with Crippen molar-refractivity contribution in [2.45, 2.75) is 20.4 Å². The molecule has 1 aromatic heterocycles. The molecule has 0 bridgehead atoms. The number of thiocarbonyl (C=S) groups is 1. The smallest absolute Gasteiger partial charge is 0.191 e. The predicted molar refractivity (Wildman–Crippen MR) is 118 cm³/mol. The molecule has 2 N–H and O–H groups in total. The number of hydrogen-bond donors (Lipinski definition) is 2. The summed E-state index contributed by atoms with van der Waals surface area (Å²) in [4.78, 5) is 0. The zero-order chi connectivity index (χ0) is 20.1. The minimum Gasteiger partial charge on any atom is -0.342 e. The minimum atomic E-state index is -0.350. The summed E-state index contributed by atoms with van der Waals surface area (Å²) < 4.78 is 15.2. The molecule has 7 heteroatoms. The maximum Gasteiger partial charge on any atom is 0.191 e. The van der Waals surface area contributed by atoms with E-state index in [0.29, 0.717) is 16.7 Å². The molecule has 3 rings (SSSR count). The van der Waals surface area contributed by atoms with E-state index in [0.717, 1.165) is 22.5 Å². The van der Waals surface area contributed by atoms with Crippen LogP contribution >= 0.6 is 23.8 Å². The molecule has 0 spiro atoms. The molecular weight excluding hydrogens is 395 g/mol. The van der Waals surface area contributed by atoms with Gasteiger partial charge >= 0.3 is 0 Å². The molecule has 144 valence electrons. The number of rotatable bonds is 5. The van der Waals surface area contributed by atoms with E-state index in [4.69, 9.17) is 23.8 Å². The second kappa shape index (κ2) is 8.99. The quantitative estimate of drug-likeness (QED) is 0.339. The summed E-state index contributed by atoms with van der Waals surface area (Å²) >= 11 is 11.4. The van der Waals surface area contributed by atoms with Crippen LogP contribution < -0.4 is 10.7 Å². The van der Waals surface area contributed by atoms with Crippen molar-refractivity contribution in [3.05, 3.63) is 88.0 Å². The standard InChI is InChI=1S/C21H20ClFN4S/c1-14-5-3-7-20(15(14)2)25-21(28)26-24-12-18-6-4-10-27(18)13-16-8-9-17(23)11-19(16)22/h3-12H,13H2,1-2H3,(H2,25,26,28)/b24-12+. The molecule has 2 aromatic carbocycles. The van der Waals surface area contributed by atoms with Gasteiger partial charge in [-0.05, 0) is 73.1 Å².